The molecule has 0 aliphatic heterocycles. The van der Waals surface area contributed by atoms with Gasteiger partial charge in [-0.05, 0) is 39.6 Å². The van der Waals surface area contributed by atoms with Gasteiger partial charge in [0.1, 0.15) is 0 Å². The lowest BCUT2D eigenvalue weighted by molar-refractivity contribution is -0.114. The summed E-state index contributed by atoms with van der Waals surface area (Å²) in [6.45, 7) is 4.78. The molecule has 0 aromatic heterocycles. The number of hydrogen-bond donors (Lipinski definition) is 0. The van der Waals surface area contributed by atoms with Crippen LogP contribution in [0.2, 0.25) is 0 Å². The molecule has 0 radical (unpaired) electrons. The van der Waals surface area contributed by atoms with Gasteiger partial charge < -0.3 is 4.90 Å². The maximum Gasteiger partial charge on any atom is 0.155 e. The molecule has 0 bridgehead atoms. The minimum absolute atomic E-state index is 0.201. The zero-order valence-corrected chi connectivity index (χ0v) is 21.6. The molecular formula is C29H57NO. The summed E-state index contributed by atoms with van der Waals surface area (Å²) in [6, 6.07) is 0. The van der Waals surface area contributed by atoms with Crippen LogP contribution in [0.15, 0.2) is 12.7 Å². The minimum atomic E-state index is 0.201. The standard InChI is InChI=1S/C29H57NO/c1-4-29(31)27-25-23-21-19-17-15-13-11-9-7-5-6-8-10-12-14-16-18-20-22-24-26-28-30(2)3/h4H,1,5-28H2,2-3H3. The third kappa shape index (κ3) is 27.3. The molecule has 0 atom stereocenters. The van der Waals surface area contributed by atoms with E-state index in [4.69, 9.17) is 0 Å². The van der Waals surface area contributed by atoms with Crippen LogP contribution in [0.25, 0.3) is 0 Å². The van der Waals surface area contributed by atoms with E-state index in [1.54, 1.807) is 0 Å². The molecule has 184 valence electrons. The quantitative estimate of drug-likeness (QED) is 0.0996. The number of nitrogens with zero attached hydrogens (tertiary/aromatic N) is 1. The second kappa shape index (κ2) is 25.6. The van der Waals surface area contributed by atoms with Crippen LogP contribution in [0.5, 0.6) is 0 Å². The molecule has 0 aliphatic carbocycles. The van der Waals surface area contributed by atoms with Crippen LogP contribution in [0.4, 0.5) is 0 Å². The van der Waals surface area contributed by atoms with Crippen LogP contribution in [-0.4, -0.2) is 31.3 Å². The second-order valence-corrected chi connectivity index (χ2v) is 10.0. The number of hydrogen-bond acceptors (Lipinski definition) is 2. The number of carbonyl (C=O) groups is 1. The topological polar surface area (TPSA) is 20.3 Å². The first-order valence-electron chi connectivity index (χ1n) is 14.0. The average Bonchev–Trinajstić information content (AvgIpc) is 2.76. The van der Waals surface area contributed by atoms with Gasteiger partial charge in [-0.25, -0.2) is 0 Å². The normalized spacial score (nSPS) is 11.3. The Balaban J connectivity index is 3.03. The maximum atomic E-state index is 11.1. The second-order valence-electron chi connectivity index (χ2n) is 10.0. The Labute approximate surface area is 196 Å². The highest BCUT2D eigenvalue weighted by molar-refractivity contribution is 5.88. The summed E-state index contributed by atoms with van der Waals surface area (Å²) in [5.41, 5.74) is 0. The van der Waals surface area contributed by atoms with Crippen molar-refractivity contribution in [3.63, 3.8) is 0 Å². The Morgan fingerprint density at radius 1 is 0.516 bits per heavy atom. The molecule has 0 spiro atoms. The number of ketones is 1. The number of carbonyl (C=O) groups excluding carboxylic acids is 1. The van der Waals surface area contributed by atoms with Crippen molar-refractivity contribution in [2.24, 2.45) is 0 Å². The Morgan fingerprint density at radius 3 is 1.03 bits per heavy atom. The van der Waals surface area contributed by atoms with Crippen LogP contribution in [0.1, 0.15) is 148 Å². The fourth-order valence-corrected chi connectivity index (χ4v) is 4.36. The van der Waals surface area contributed by atoms with Crippen molar-refractivity contribution >= 4 is 5.78 Å². The molecule has 0 unspecified atom stereocenters. The first-order chi connectivity index (χ1) is 15.2. The zero-order chi connectivity index (χ0) is 22.8. The summed E-state index contributed by atoms with van der Waals surface area (Å²) >= 11 is 0. The smallest absolute Gasteiger partial charge is 0.155 e. The molecule has 0 saturated heterocycles. The van der Waals surface area contributed by atoms with E-state index < -0.39 is 0 Å². The van der Waals surface area contributed by atoms with Gasteiger partial charge in [0.2, 0.25) is 0 Å². The van der Waals surface area contributed by atoms with Crippen LogP contribution in [-0.2, 0) is 4.79 Å². The van der Waals surface area contributed by atoms with Gasteiger partial charge in [-0.15, -0.1) is 0 Å². The predicted molar refractivity (Wildman–Crippen MR) is 140 cm³/mol. The molecule has 0 aromatic rings. The van der Waals surface area contributed by atoms with Crippen molar-refractivity contribution in [2.45, 2.75) is 148 Å². The van der Waals surface area contributed by atoms with Gasteiger partial charge in [0.25, 0.3) is 0 Å². The molecule has 0 N–H and O–H groups in total. The summed E-state index contributed by atoms with van der Waals surface area (Å²) in [6.07, 6.45) is 32.9. The lowest BCUT2D eigenvalue weighted by Gasteiger charge is -2.08. The summed E-state index contributed by atoms with van der Waals surface area (Å²) in [7, 11) is 4.34. The minimum Gasteiger partial charge on any atom is -0.309 e. The Morgan fingerprint density at radius 2 is 0.774 bits per heavy atom. The van der Waals surface area contributed by atoms with E-state index >= 15 is 0 Å². The van der Waals surface area contributed by atoms with E-state index in [9.17, 15) is 4.79 Å². The van der Waals surface area contributed by atoms with E-state index in [2.05, 4.69) is 25.6 Å². The highest BCUT2D eigenvalue weighted by atomic mass is 16.1. The van der Waals surface area contributed by atoms with Gasteiger partial charge in [0.15, 0.2) is 5.78 Å². The van der Waals surface area contributed by atoms with Gasteiger partial charge >= 0.3 is 0 Å². The van der Waals surface area contributed by atoms with E-state index in [0.29, 0.717) is 6.42 Å². The monoisotopic (exact) mass is 435 g/mol. The zero-order valence-electron chi connectivity index (χ0n) is 21.6. The van der Waals surface area contributed by atoms with Crippen molar-refractivity contribution < 1.29 is 4.79 Å². The first kappa shape index (κ1) is 30.4. The first-order valence-corrected chi connectivity index (χ1v) is 14.0. The van der Waals surface area contributed by atoms with E-state index in [0.717, 1.165) is 6.42 Å². The van der Waals surface area contributed by atoms with Gasteiger partial charge in [-0.1, -0.05) is 135 Å². The van der Waals surface area contributed by atoms with Crippen molar-refractivity contribution in [1.82, 2.24) is 4.90 Å². The molecule has 0 amide bonds. The van der Waals surface area contributed by atoms with Crippen LogP contribution in [0, 0.1) is 0 Å². The van der Waals surface area contributed by atoms with Crippen LogP contribution in [0.3, 0.4) is 0 Å². The van der Waals surface area contributed by atoms with Crippen molar-refractivity contribution in [2.75, 3.05) is 20.6 Å². The highest BCUT2D eigenvalue weighted by Gasteiger charge is 1.97. The van der Waals surface area contributed by atoms with Gasteiger partial charge in [-0.3, -0.25) is 4.79 Å². The number of rotatable bonds is 26. The van der Waals surface area contributed by atoms with Gasteiger partial charge in [0.05, 0.1) is 0 Å². The molecule has 2 nitrogen and oxygen atoms in total. The van der Waals surface area contributed by atoms with Gasteiger partial charge in [0, 0.05) is 6.42 Å². The highest BCUT2D eigenvalue weighted by Crippen LogP contribution is 2.15. The third-order valence-electron chi connectivity index (χ3n) is 6.51. The van der Waals surface area contributed by atoms with E-state index in [-0.39, 0.29) is 5.78 Å². The van der Waals surface area contributed by atoms with Crippen molar-refractivity contribution in [1.29, 1.82) is 0 Å². The van der Waals surface area contributed by atoms with Crippen molar-refractivity contribution in [3.8, 4) is 0 Å². The molecule has 0 fully saturated rings. The van der Waals surface area contributed by atoms with E-state index in [1.807, 2.05) is 0 Å². The lowest BCUT2D eigenvalue weighted by atomic mass is 10.0. The summed E-state index contributed by atoms with van der Waals surface area (Å²) in [4.78, 5) is 13.4. The van der Waals surface area contributed by atoms with E-state index in [1.165, 1.54) is 147 Å². The molecular weight excluding hydrogens is 378 g/mol. The summed E-state index contributed by atoms with van der Waals surface area (Å²) < 4.78 is 0. The summed E-state index contributed by atoms with van der Waals surface area (Å²) in [5, 5.41) is 0. The Kier molecular flexibility index (Phi) is 25.1. The average molecular weight is 436 g/mol. The molecule has 0 saturated carbocycles. The molecule has 2 heteroatoms. The molecule has 31 heavy (non-hydrogen) atoms. The molecule has 0 aliphatic rings. The lowest BCUT2D eigenvalue weighted by Crippen LogP contribution is -2.12. The predicted octanol–water partition coefficient (Wildman–Crippen LogP) is 9.28. The molecule has 0 heterocycles. The van der Waals surface area contributed by atoms with Crippen LogP contribution >= 0.6 is 0 Å². The van der Waals surface area contributed by atoms with Crippen LogP contribution < -0.4 is 0 Å². The number of allylic oxidation sites excluding steroid dienone is 1. The summed E-state index contributed by atoms with van der Waals surface area (Å²) in [5.74, 6) is 0.201. The Hall–Kier alpha value is -0.630. The fourth-order valence-electron chi connectivity index (χ4n) is 4.36. The molecule has 0 aromatic carbocycles. The number of unbranched alkanes of at least 4 members (excludes halogenated alkanes) is 21. The largest absolute Gasteiger partial charge is 0.309 e. The third-order valence-corrected chi connectivity index (χ3v) is 6.51. The maximum absolute atomic E-state index is 11.1. The van der Waals surface area contributed by atoms with Gasteiger partial charge in [-0.2, -0.15) is 0 Å². The SMILES string of the molecule is C=CC(=O)CCCCCCCCCCCCCCCCCCCCCCCCN(C)C. The Bertz CT molecular complexity index is 377. The molecule has 0 rings (SSSR count). The fraction of sp³-hybridized carbons (Fsp3) is 0.897. The van der Waals surface area contributed by atoms with Crippen molar-refractivity contribution in [3.05, 3.63) is 12.7 Å².